The van der Waals surface area contributed by atoms with E-state index in [0.717, 1.165) is 0 Å². The average molecular weight is 308 g/mol. The number of hydrogen-bond donors (Lipinski definition) is 0. The van der Waals surface area contributed by atoms with Crippen LogP contribution < -0.4 is 0 Å². The molecule has 2 aromatic rings. The van der Waals surface area contributed by atoms with Gasteiger partial charge < -0.3 is 4.90 Å². The smallest absolute Gasteiger partial charge is 0.0346 e. The number of nitrogens with zero attached hydrogens (tertiary/aromatic N) is 2. The van der Waals surface area contributed by atoms with Crippen molar-refractivity contribution in [3.05, 3.63) is 59.7 Å². The van der Waals surface area contributed by atoms with Crippen molar-refractivity contribution >= 4 is 0 Å². The highest BCUT2D eigenvalue weighted by atomic mass is 15.3. The van der Waals surface area contributed by atoms with Crippen LogP contribution in [0.15, 0.2) is 48.5 Å². The van der Waals surface area contributed by atoms with Crippen molar-refractivity contribution in [3.8, 4) is 11.1 Å². The molecule has 0 bridgehead atoms. The second-order valence-corrected chi connectivity index (χ2v) is 6.75. The van der Waals surface area contributed by atoms with Gasteiger partial charge >= 0.3 is 0 Å². The average Bonchev–Trinajstić information content (AvgIpc) is 2.59. The minimum Gasteiger partial charge on any atom is -0.304 e. The van der Waals surface area contributed by atoms with E-state index in [2.05, 4.69) is 79.2 Å². The molecule has 0 aromatic heterocycles. The molecule has 0 spiro atoms. The topological polar surface area (TPSA) is 6.48 Å². The van der Waals surface area contributed by atoms with Crippen molar-refractivity contribution in [1.29, 1.82) is 0 Å². The van der Waals surface area contributed by atoms with E-state index in [1.807, 2.05) is 0 Å². The second-order valence-electron chi connectivity index (χ2n) is 6.75. The van der Waals surface area contributed by atoms with Gasteiger partial charge in [0.2, 0.25) is 0 Å². The minimum absolute atomic E-state index is 0.552. The summed E-state index contributed by atoms with van der Waals surface area (Å²) in [7, 11) is 2.22. The molecule has 1 aliphatic heterocycles. The molecule has 1 heterocycles. The lowest BCUT2D eigenvalue weighted by Gasteiger charge is -2.38. The van der Waals surface area contributed by atoms with E-state index in [-0.39, 0.29) is 0 Å². The first-order valence-corrected chi connectivity index (χ1v) is 8.77. The van der Waals surface area contributed by atoms with Crippen molar-refractivity contribution in [2.75, 3.05) is 33.2 Å². The van der Waals surface area contributed by atoms with Crippen LogP contribution in [0.3, 0.4) is 0 Å². The highest BCUT2D eigenvalue weighted by Crippen LogP contribution is 2.28. The summed E-state index contributed by atoms with van der Waals surface area (Å²) >= 11 is 0. The molecule has 1 unspecified atom stereocenters. The molecule has 0 radical (unpaired) electrons. The zero-order chi connectivity index (χ0) is 16.2. The molecule has 0 aliphatic carbocycles. The van der Waals surface area contributed by atoms with Crippen LogP contribution >= 0.6 is 0 Å². The van der Waals surface area contributed by atoms with Gasteiger partial charge in [-0.05, 0) is 37.1 Å². The maximum absolute atomic E-state index is 2.64. The van der Waals surface area contributed by atoms with Gasteiger partial charge in [0, 0.05) is 32.2 Å². The predicted octanol–water partition coefficient (Wildman–Crippen LogP) is 4.36. The number of aryl methyl sites for hydroxylation is 1. The van der Waals surface area contributed by atoms with E-state index >= 15 is 0 Å². The summed E-state index contributed by atoms with van der Waals surface area (Å²) < 4.78 is 0. The molecule has 2 aromatic carbocycles. The summed E-state index contributed by atoms with van der Waals surface area (Å²) in [6.07, 6.45) is 1.17. The number of benzene rings is 2. The van der Waals surface area contributed by atoms with Crippen molar-refractivity contribution < 1.29 is 0 Å². The zero-order valence-electron chi connectivity index (χ0n) is 14.6. The number of piperazine rings is 1. The Morgan fingerprint density at radius 3 is 1.87 bits per heavy atom. The van der Waals surface area contributed by atoms with Crippen LogP contribution in [-0.2, 0) is 0 Å². The summed E-state index contributed by atoms with van der Waals surface area (Å²) in [5.41, 5.74) is 5.37. The standard InChI is InChI=1S/C21H28N2/c1-4-21(23-15-13-22(3)14-16-23)20-11-9-19(10-12-20)18-7-5-17(2)6-8-18/h5-12,21H,4,13-16H2,1-3H3. The first-order valence-electron chi connectivity index (χ1n) is 8.77. The molecular formula is C21H28N2. The SMILES string of the molecule is CCC(c1ccc(-c2ccc(C)cc2)cc1)N1CCN(C)CC1. The van der Waals surface area contributed by atoms with Crippen LogP contribution in [0.2, 0.25) is 0 Å². The van der Waals surface area contributed by atoms with E-state index in [1.54, 1.807) is 0 Å². The summed E-state index contributed by atoms with van der Waals surface area (Å²) in [6, 6.07) is 18.5. The van der Waals surface area contributed by atoms with Gasteiger partial charge in [-0.2, -0.15) is 0 Å². The Morgan fingerprint density at radius 1 is 0.826 bits per heavy atom. The third-order valence-corrected chi connectivity index (χ3v) is 5.05. The lowest BCUT2D eigenvalue weighted by atomic mass is 9.97. The fourth-order valence-corrected chi connectivity index (χ4v) is 3.48. The Morgan fingerprint density at radius 2 is 1.35 bits per heavy atom. The first-order chi connectivity index (χ1) is 11.2. The fourth-order valence-electron chi connectivity index (χ4n) is 3.48. The van der Waals surface area contributed by atoms with E-state index in [0.29, 0.717) is 6.04 Å². The van der Waals surface area contributed by atoms with Gasteiger partial charge in [0.05, 0.1) is 0 Å². The van der Waals surface area contributed by atoms with Gasteiger partial charge in [-0.1, -0.05) is 61.0 Å². The van der Waals surface area contributed by atoms with Crippen LogP contribution in [0, 0.1) is 6.92 Å². The van der Waals surface area contributed by atoms with Crippen LogP contribution in [0.4, 0.5) is 0 Å². The monoisotopic (exact) mass is 308 g/mol. The molecule has 23 heavy (non-hydrogen) atoms. The van der Waals surface area contributed by atoms with Gasteiger partial charge in [0.25, 0.3) is 0 Å². The van der Waals surface area contributed by atoms with Crippen LogP contribution in [0.1, 0.15) is 30.5 Å². The molecule has 2 heteroatoms. The zero-order valence-corrected chi connectivity index (χ0v) is 14.6. The quantitative estimate of drug-likeness (QED) is 0.828. The van der Waals surface area contributed by atoms with Crippen LogP contribution in [0.25, 0.3) is 11.1 Å². The Labute approximate surface area is 140 Å². The molecule has 0 amide bonds. The van der Waals surface area contributed by atoms with Gasteiger partial charge in [-0.3, -0.25) is 4.90 Å². The second kappa shape index (κ2) is 7.29. The van der Waals surface area contributed by atoms with Crippen LogP contribution in [0.5, 0.6) is 0 Å². The molecule has 3 rings (SSSR count). The van der Waals surface area contributed by atoms with E-state index in [4.69, 9.17) is 0 Å². The number of rotatable bonds is 4. The van der Waals surface area contributed by atoms with Crippen molar-refractivity contribution in [3.63, 3.8) is 0 Å². The molecule has 122 valence electrons. The Kier molecular flexibility index (Phi) is 5.14. The van der Waals surface area contributed by atoms with E-state index in [1.165, 1.54) is 54.9 Å². The largest absolute Gasteiger partial charge is 0.304 e. The van der Waals surface area contributed by atoms with Crippen LogP contribution in [-0.4, -0.2) is 43.0 Å². The fraction of sp³-hybridized carbons (Fsp3) is 0.429. The molecular weight excluding hydrogens is 280 g/mol. The molecule has 1 fully saturated rings. The van der Waals surface area contributed by atoms with Crippen molar-refractivity contribution in [2.45, 2.75) is 26.3 Å². The summed E-state index contributed by atoms with van der Waals surface area (Å²) in [5.74, 6) is 0. The van der Waals surface area contributed by atoms with Gasteiger partial charge in [0.15, 0.2) is 0 Å². The van der Waals surface area contributed by atoms with E-state index < -0.39 is 0 Å². The Bertz CT molecular complexity index is 607. The molecule has 2 nitrogen and oxygen atoms in total. The first kappa shape index (κ1) is 16.2. The normalized spacial score (nSPS) is 18.0. The molecule has 0 saturated carbocycles. The van der Waals surface area contributed by atoms with E-state index in [9.17, 15) is 0 Å². The number of hydrogen-bond acceptors (Lipinski definition) is 2. The Hall–Kier alpha value is -1.64. The third kappa shape index (κ3) is 3.82. The lowest BCUT2D eigenvalue weighted by molar-refractivity contribution is 0.109. The summed E-state index contributed by atoms with van der Waals surface area (Å²) in [4.78, 5) is 5.06. The van der Waals surface area contributed by atoms with Gasteiger partial charge in [-0.25, -0.2) is 0 Å². The third-order valence-electron chi connectivity index (χ3n) is 5.05. The number of likely N-dealkylation sites (N-methyl/N-ethyl adjacent to an activating group) is 1. The molecule has 0 N–H and O–H groups in total. The van der Waals surface area contributed by atoms with Gasteiger partial charge in [-0.15, -0.1) is 0 Å². The predicted molar refractivity (Wildman–Crippen MR) is 98.7 cm³/mol. The molecule has 1 aliphatic rings. The lowest BCUT2D eigenvalue weighted by Crippen LogP contribution is -2.45. The maximum Gasteiger partial charge on any atom is 0.0346 e. The molecule has 1 atom stereocenters. The van der Waals surface area contributed by atoms with Crippen molar-refractivity contribution in [2.24, 2.45) is 0 Å². The molecule has 1 saturated heterocycles. The highest BCUT2D eigenvalue weighted by Gasteiger charge is 2.22. The minimum atomic E-state index is 0.552. The maximum atomic E-state index is 2.64. The highest BCUT2D eigenvalue weighted by molar-refractivity contribution is 5.64. The van der Waals surface area contributed by atoms with Crippen molar-refractivity contribution in [1.82, 2.24) is 9.80 Å². The summed E-state index contributed by atoms with van der Waals surface area (Å²) in [6.45, 7) is 9.14. The van der Waals surface area contributed by atoms with Gasteiger partial charge in [0.1, 0.15) is 0 Å². The Balaban J connectivity index is 1.76. The summed E-state index contributed by atoms with van der Waals surface area (Å²) in [5, 5.41) is 0.